The molecular weight excluding hydrogens is 408 g/mol. The van der Waals surface area contributed by atoms with Gasteiger partial charge in [-0.05, 0) is 37.8 Å². The van der Waals surface area contributed by atoms with Crippen LogP contribution in [0.1, 0.15) is 38.5 Å². The molecule has 9 nitrogen and oxygen atoms in total. The maximum absolute atomic E-state index is 12.8. The van der Waals surface area contributed by atoms with Gasteiger partial charge in [0.2, 0.25) is 10.0 Å². The zero-order valence-corrected chi connectivity index (χ0v) is 18.2. The maximum atomic E-state index is 12.8. The number of hydrogen-bond donors (Lipinski definition) is 1. The van der Waals surface area contributed by atoms with E-state index in [1.54, 1.807) is 41.5 Å². The number of urea groups is 1. The number of hydrogen-bond acceptors (Lipinski definition) is 5. The summed E-state index contributed by atoms with van der Waals surface area (Å²) in [6, 6.07) is 4.77. The summed E-state index contributed by atoms with van der Waals surface area (Å²) in [4.78, 5) is 25.9. The fourth-order valence-electron chi connectivity index (χ4n) is 4.47. The summed E-state index contributed by atoms with van der Waals surface area (Å²) in [7, 11) is 0.123. The lowest BCUT2D eigenvalue weighted by molar-refractivity contribution is 0.173. The average Bonchev–Trinajstić information content (AvgIpc) is 3.37. The number of sulfonamides is 1. The lowest BCUT2D eigenvalue weighted by Crippen LogP contribution is -2.49. The van der Waals surface area contributed by atoms with Gasteiger partial charge in [0.1, 0.15) is 0 Å². The Morgan fingerprint density at radius 1 is 1.17 bits per heavy atom. The molecule has 10 heteroatoms. The highest BCUT2D eigenvalue weighted by atomic mass is 32.2. The van der Waals surface area contributed by atoms with E-state index in [9.17, 15) is 18.0 Å². The molecule has 2 aliphatic rings. The second-order valence-electron chi connectivity index (χ2n) is 8.23. The molecule has 2 fully saturated rings. The van der Waals surface area contributed by atoms with Gasteiger partial charge in [-0.2, -0.15) is 0 Å². The highest BCUT2D eigenvalue weighted by Gasteiger charge is 2.37. The Hall–Kier alpha value is -2.33. The molecule has 0 atom stereocenters. The van der Waals surface area contributed by atoms with Gasteiger partial charge >= 0.3 is 11.8 Å². The average molecular weight is 437 g/mol. The fraction of sp³-hybridized carbons (Fsp3) is 0.600. The first-order chi connectivity index (χ1) is 14.3. The second-order valence-corrected chi connectivity index (χ2v) is 10.4. The van der Waals surface area contributed by atoms with E-state index >= 15 is 0 Å². The number of amides is 2. The van der Waals surface area contributed by atoms with Crippen molar-refractivity contribution < 1.29 is 17.6 Å². The van der Waals surface area contributed by atoms with E-state index in [2.05, 4.69) is 5.32 Å². The Balaban J connectivity index is 1.36. The molecule has 2 aromatic rings. The smallest absolute Gasteiger partial charge is 0.408 e. The molecular formula is C20H28N4O5S. The van der Waals surface area contributed by atoms with Crippen molar-refractivity contribution in [2.24, 2.45) is 7.05 Å². The maximum Gasteiger partial charge on any atom is 0.419 e. The van der Waals surface area contributed by atoms with Crippen LogP contribution in [0.5, 0.6) is 0 Å². The molecule has 4 rings (SSSR count). The van der Waals surface area contributed by atoms with E-state index in [4.69, 9.17) is 4.42 Å². The molecule has 2 amide bonds. The Labute approximate surface area is 175 Å². The van der Waals surface area contributed by atoms with Gasteiger partial charge in [-0.15, -0.1) is 0 Å². The first kappa shape index (κ1) is 20.9. The molecule has 2 heterocycles. The van der Waals surface area contributed by atoms with Crippen LogP contribution in [0.25, 0.3) is 11.1 Å². The first-order valence-corrected chi connectivity index (χ1v) is 11.9. The van der Waals surface area contributed by atoms with Crippen molar-refractivity contribution in [1.82, 2.24) is 13.8 Å². The molecule has 0 unspecified atom stereocenters. The van der Waals surface area contributed by atoms with Gasteiger partial charge in [0, 0.05) is 45.0 Å². The number of carbonyl (C=O) groups is 1. The van der Waals surface area contributed by atoms with Crippen molar-refractivity contribution >= 4 is 32.8 Å². The summed E-state index contributed by atoms with van der Waals surface area (Å²) in [5, 5.41) is 2.60. The second kappa shape index (κ2) is 8.07. The quantitative estimate of drug-likeness (QED) is 0.792. The highest BCUT2D eigenvalue weighted by molar-refractivity contribution is 7.89. The fourth-order valence-corrected chi connectivity index (χ4v) is 6.54. The number of fused-ring (bicyclic) bond motifs is 1. The largest absolute Gasteiger partial charge is 0.419 e. The molecule has 30 heavy (non-hydrogen) atoms. The SMILES string of the molecule is CN(C(=O)Nc1ccc2c(c1)oc(=O)n2C)C1CCN(S(=O)(=O)C2CCCC2)CC1. The topological polar surface area (TPSA) is 105 Å². The van der Waals surface area contributed by atoms with Crippen LogP contribution in [0.2, 0.25) is 0 Å². The molecule has 1 aliphatic carbocycles. The number of nitrogens with one attached hydrogen (secondary N) is 1. The van der Waals surface area contributed by atoms with Crippen molar-refractivity contribution in [2.75, 3.05) is 25.5 Å². The van der Waals surface area contributed by atoms with E-state index in [0.29, 0.717) is 42.7 Å². The van der Waals surface area contributed by atoms with Crippen LogP contribution in [-0.2, 0) is 17.1 Å². The molecule has 0 bridgehead atoms. The Morgan fingerprint density at radius 3 is 2.50 bits per heavy atom. The normalized spacial score (nSPS) is 19.4. The number of benzene rings is 1. The third-order valence-corrected chi connectivity index (χ3v) is 8.82. The molecule has 0 radical (unpaired) electrons. The van der Waals surface area contributed by atoms with Gasteiger partial charge < -0.3 is 14.6 Å². The molecule has 164 valence electrons. The number of piperidine rings is 1. The highest BCUT2D eigenvalue weighted by Crippen LogP contribution is 2.29. The summed E-state index contributed by atoms with van der Waals surface area (Å²) in [6.07, 6.45) is 4.72. The van der Waals surface area contributed by atoms with Crippen LogP contribution >= 0.6 is 0 Å². The number of oxazole rings is 1. The molecule has 1 aromatic heterocycles. The van der Waals surface area contributed by atoms with Crippen molar-refractivity contribution in [3.63, 3.8) is 0 Å². The molecule has 1 saturated heterocycles. The van der Waals surface area contributed by atoms with E-state index in [0.717, 1.165) is 25.7 Å². The summed E-state index contributed by atoms with van der Waals surface area (Å²) < 4.78 is 33.7. The van der Waals surface area contributed by atoms with Crippen LogP contribution in [0, 0.1) is 0 Å². The van der Waals surface area contributed by atoms with Crippen LogP contribution in [-0.4, -0.2) is 59.7 Å². The molecule has 1 N–H and O–H groups in total. The van der Waals surface area contributed by atoms with Gasteiger partial charge in [0.05, 0.1) is 10.8 Å². The van der Waals surface area contributed by atoms with Gasteiger partial charge in [-0.25, -0.2) is 22.3 Å². The summed E-state index contributed by atoms with van der Waals surface area (Å²) in [6.45, 7) is 0.893. The minimum absolute atomic E-state index is 0.0292. The minimum Gasteiger partial charge on any atom is -0.408 e. The number of carbonyl (C=O) groups excluding carboxylic acids is 1. The number of rotatable bonds is 4. The zero-order chi connectivity index (χ0) is 21.5. The van der Waals surface area contributed by atoms with Gasteiger partial charge in [-0.3, -0.25) is 4.57 Å². The Bertz CT molecular complexity index is 1090. The van der Waals surface area contributed by atoms with Crippen molar-refractivity contribution in [3.8, 4) is 0 Å². The van der Waals surface area contributed by atoms with E-state index in [-0.39, 0.29) is 17.3 Å². The summed E-state index contributed by atoms with van der Waals surface area (Å²) in [5.41, 5.74) is 1.60. The predicted octanol–water partition coefficient (Wildman–Crippen LogP) is 2.33. The first-order valence-electron chi connectivity index (χ1n) is 10.4. The lowest BCUT2D eigenvalue weighted by Gasteiger charge is -2.37. The van der Waals surface area contributed by atoms with Crippen LogP contribution in [0.3, 0.4) is 0 Å². The van der Waals surface area contributed by atoms with E-state index in [1.807, 2.05) is 0 Å². The van der Waals surface area contributed by atoms with Gasteiger partial charge in [0.15, 0.2) is 5.58 Å². The lowest BCUT2D eigenvalue weighted by atomic mass is 10.1. The number of nitrogens with zero attached hydrogens (tertiary/aromatic N) is 3. The number of anilines is 1. The van der Waals surface area contributed by atoms with Crippen molar-refractivity contribution in [2.45, 2.75) is 49.8 Å². The summed E-state index contributed by atoms with van der Waals surface area (Å²) in [5.74, 6) is -0.454. The van der Waals surface area contributed by atoms with E-state index < -0.39 is 15.8 Å². The van der Waals surface area contributed by atoms with Crippen molar-refractivity contribution in [1.29, 1.82) is 0 Å². The standard InChI is InChI=1S/C20H28N4O5S/c1-22(15-9-11-24(12-10-15)30(27,28)16-5-3-4-6-16)19(25)21-14-7-8-17-18(13-14)29-20(26)23(17)2/h7-8,13,15-16H,3-6,9-12H2,1-2H3,(H,21,25). The Morgan fingerprint density at radius 2 is 1.83 bits per heavy atom. The number of aromatic nitrogens is 1. The summed E-state index contributed by atoms with van der Waals surface area (Å²) >= 11 is 0. The molecule has 1 saturated carbocycles. The van der Waals surface area contributed by atoms with Crippen molar-refractivity contribution in [3.05, 3.63) is 28.7 Å². The predicted molar refractivity (Wildman–Crippen MR) is 114 cm³/mol. The number of aryl methyl sites for hydroxylation is 1. The molecule has 1 aromatic carbocycles. The van der Waals surface area contributed by atoms with E-state index in [1.165, 1.54) is 4.57 Å². The Kier molecular flexibility index (Phi) is 5.63. The van der Waals surface area contributed by atoms with Gasteiger partial charge in [0.25, 0.3) is 0 Å². The van der Waals surface area contributed by atoms with Crippen LogP contribution in [0.15, 0.2) is 27.4 Å². The molecule has 0 spiro atoms. The molecule has 1 aliphatic heterocycles. The third kappa shape index (κ3) is 3.85. The monoisotopic (exact) mass is 436 g/mol. The zero-order valence-electron chi connectivity index (χ0n) is 17.3. The van der Waals surface area contributed by atoms with Crippen LogP contribution in [0.4, 0.5) is 10.5 Å². The third-order valence-electron chi connectivity index (χ3n) is 6.42. The minimum atomic E-state index is -3.23. The van der Waals surface area contributed by atoms with Gasteiger partial charge in [-0.1, -0.05) is 12.8 Å². The van der Waals surface area contributed by atoms with Crippen LogP contribution < -0.4 is 11.1 Å².